The van der Waals surface area contributed by atoms with Crippen LogP contribution in [0.2, 0.25) is 0 Å². The Hall–Kier alpha value is -2.21. The van der Waals surface area contributed by atoms with Gasteiger partial charge in [0.25, 0.3) is 0 Å². The molecule has 2 heterocycles. The minimum atomic E-state index is -4.76. The molecule has 4 nitrogen and oxygen atoms in total. The molecule has 0 aliphatic rings. The highest BCUT2D eigenvalue weighted by Gasteiger charge is 2.34. The molecule has 28 heavy (non-hydrogen) atoms. The third kappa shape index (κ3) is 3.83. The molecular weight excluding hydrogens is 430 g/mol. The van der Waals surface area contributed by atoms with Gasteiger partial charge in [-0.1, -0.05) is 24.3 Å². The Morgan fingerprint density at radius 1 is 1.00 bits per heavy atom. The van der Waals surface area contributed by atoms with Gasteiger partial charge in [0.15, 0.2) is 9.84 Å². The van der Waals surface area contributed by atoms with E-state index in [9.17, 15) is 34.8 Å². The maximum Gasteiger partial charge on any atom is 0.417 e. The van der Waals surface area contributed by atoms with Crippen molar-refractivity contribution in [3.63, 3.8) is 0 Å². The number of nitrogens with zero attached hydrogens (tertiary/aromatic N) is 2. The van der Waals surface area contributed by atoms with Crippen LogP contribution in [0.3, 0.4) is 0 Å². The maximum atomic E-state index is 13.0. The second-order valence-corrected chi connectivity index (χ2v) is 8.90. The van der Waals surface area contributed by atoms with Crippen LogP contribution in [0.4, 0.5) is 26.3 Å². The summed E-state index contributed by atoms with van der Waals surface area (Å²) in [6, 6.07) is 2.91. The molecular formula is C16H10F6N2O2S2. The van der Waals surface area contributed by atoms with Crippen LogP contribution in [-0.4, -0.2) is 24.1 Å². The summed E-state index contributed by atoms with van der Waals surface area (Å²) in [5.41, 5.74) is -2.44. The van der Waals surface area contributed by atoms with Crippen molar-refractivity contribution in [2.45, 2.75) is 24.2 Å². The number of hydrogen-bond acceptors (Lipinski definition) is 5. The molecule has 0 amide bonds. The number of fused-ring (bicyclic) bond motifs is 1. The van der Waals surface area contributed by atoms with E-state index in [4.69, 9.17) is 0 Å². The van der Waals surface area contributed by atoms with E-state index in [0.717, 1.165) is 23.5 Å². The zero-order chi connectivity index (χ0) is 20.9. The van der Waals surface area contributed by atoms with Crippen molar-refractivity contribution in [1.82, 2.24) is 9.97 Å². The predicted octanol–water partition coefficient (Wildman–Crippen LogP) is 5.19. The van der Waals surface area contributed by atoms with Gasteiger partial charge in [0, 0.05) is 11.8 Å². The maximum absolute atomic E-state index is 13.0. The Bertz CT molecular complexity index is 1150. The van der Waals surface area contributed by atoms with Crippen molar-refractivity contribution >= 4 is 31.5 Å². The highest BCUT2D eigenvalue weighted by Crippen LogP contribution is 2.39. The highest BCUT2D eigenvalue weighted by molar-refractivity contribution is 7.91. The Morgan fingerprint density at radius 2 is 1.64 bits per heavy atom. The average Bonchev–Trinajstić information content (AvgIpc) is 3.02. The summed E-state index contributed by atoms with van der Waals surface area (Å²) in [5.74, 6) is -0.456. The Morgan fingerprint density at radius 3 is 2.21 bits per heavy atom. The van der Waals surface area contributed by atoms with Crippen LogP contribution in [-0.2, 0) is 22.2 Å². The molecule has 0 fully saturated rings. The van der Waals surface area contributed by atoms with Crippen LogP contribution in [0.25, 0.3) is 20.9 Å². The van der Waals surface area contributed by atoms with Gasteiger partial charge in [-0.15, -0.1) is 0 Å². The van der Waals surface area contributed by atoms with Crippen molar-refractivity contribution in [1.29, 1.82) is 0 Å². The number of pyridine rings is 1. The minimum Gasteiger partial charge on any atom is -0.243 e. The van der Waals surface area contributed by atoms with Gasteiger partial charge in [0.2, 0.25) is 0 Å². The molecule has 0 saturated heterocycles. The molecule has 12 heteroatoms. The lowest BCUT2D eigenvalue weighted by atomic mass is 10.1. The average molecular weight is 440 g/mol. The number of sulfone groups is 1. The van der Waals surface area contributed by atoms with E-state index in [0.29, 0.717) is 18.3 Å². The zero-order valence-electron chi connectivity index (χ0n) is 13.9. The van der Waals surface area contributed by atoms with E-state index in [-0.39, 0.29) is 20.9 Å². The zero-order valence-corrected chi connectivity index (χ0v) is 15.5. The van der Waals surface area contributed by atoms with Gasteiger partial charge in [0.1, 0.15) is 15.4 Å². The van der Waals surface area contributed by atoms with Crippen molar-refractivity contribution in [2.24, 2.45) is 0 Å². The molecule has 3 rings (SSSR count). The van der Waals surface area contributed by atoms with E-state index in [1.165, 1.54) is 6.92 Å². The van der Waals surface area contributed by atoms with Gasteiger partial charge in [-0.3, -0.25) is 0 Å². The Labute approximate surface area is 158 Å². The van der Waals surface area contributed by atoms with Crippen molar-refractivity contribution in [3.05, 3.63) is 41.6 Å². The molecule has 0 N–H and O–H groups in total. The van der Waals surface area contributed by atoms with E-state index < -0.39 is 44.0 Å². The molecule has 150 valence electrons. The fourth-order valence-electron chi connectivity index (χ4n) is 2.38. The third-order valence-corrected chi connectivity index (χ3v) is 6.61. The molecule has 0 unspecified atom stereocenters. The van der Waals surface area contributed by atoms with Crippen molar-refractivity contribution < 1.29 is 34.8 Å². The molecule has 0 aliphatic carbocycles. The highest BCUT2D eigenvalue weighted by atomic mass is 32.2. The van der Waals surface area contributed by atoms with Crippen LogP contribution >= 0.6 is 11.3 Å². The number of hydrogen-bond donors (Lipinski definition) is 0. The number of aromatic nitrogens is 2. The first-order valence-corrected chi connectivity index (χ1v) is 10.1. The van der Waals surface area contributed by atoms with Gasteiger partial charge in [-0.05, 0) is 18.2 Å². The van der Waals surface area contributed by atoms with E-state index >= 15 is 0 Å². The molecule has 3 aromatic rings. The smallest absolute Gasteiger partial charge is 0.243 e. The summed E-state index contributed by atoms with van der Waals surface area (Å²) in [6.45, 7) is 1.27. The van der Waals surface area contributed by atoms with Gasteiger partial charge in [0.05, 0.1) is 21.8 Å². The number of alkyl halides is 6. The van der Waals surface area contributed by atoms with Crippen LogP contribution in [0.1, 0.15) is 18.1 Å². The lowest BCUT2D eigenvalue weighted by Gasteiger charge is -2.12. The summed E-state index contributed by atoms with van der Waals surface area (Å²) in [4.78, 5) is 7.15. The molecule has 0 saturated carbocycles. The van der Waals surface area contributed by atoms with Gasteiger partial charge < -0.3 is 0 Å². The first-order chi connectivity index (χ1) is 12.8. The Balaban J connectivity index is 2.23. The van der Waals surface area contributed by atoms with Crippen molar-refractivity contribution in [3.8, 4) is 10.6 Å². The molecule has 0 atom stereocenters. The molecule has 2 aromatic heterocycles. The predicted molar refractivity (Wildman–Crippen MR) is 90.6 cm³/mol. The molecule has 0 spiro atoms. The van der Waals surface area contributed by atoms with Crippen molar-refractivity contribution in [2.75, 3.05) is 5.75 Å². The van der Waals surface area contributed by atoms with Crippen LogP contribution in [0.5, 0.6) is 0 Å². The minimum absolute atomic E-state index is 0.0393. The van der Waals surface area contributed by atoms with Gasteiger partial charge in [-0.2, -0.15) is 26.3 Å². The quantitative estimate of drug-likeness (QED) is 0.526. The normalized spacial score (nSPS) is 13.2. The summed E-state index contributed by atoms with van der Waals surface area (Å²) in [6.07, 6.45) is -8.79. The number of thiazole rings is 1. The molecule has 0 aliphatic heterocycles. The third-order valence-electron chi connectivity index (χ3n) is 3.83. The fourth-order valence-corrected chi connectivity index (χ4v) is 4.49. The summed E-state index contributed by atoms with van der Waals surface area (Å²) < 4.78 is 102. The Kier molecular flexibility index (Phi) is 4.90. The SMILES string of the molecule is CCS(=O)(=O)c1cc(C(F)(F)F)ccc1-c1nc2cc(C(F)(F)F)cnc2s1. The summed E-state index contributed by atoms with van der Waals surface area (Å²) in [5, 5.41) is -0.0393. The first kappa shape index (κ1) is 20.5. The van der Waals surface area contributed by atoms with E-state index in [1.807, 2.05) is 0 Å². The second-order valence-electron chi connectivity index (χ2n) is 5.68. The van der Waals surface area contributed by atoms with Crippen LogP contribution < -0.4 is 0 Å². The topological polar surface area (TPSA) is 59.9 Å². The summed E-state index contributed by atoms with van der Waals surface area (Å²) >= 11 is 0.789. The molecule has 0 bridgehead atoms. The monoisotopic (exact) mass is 440 g/mol. The van der Waals surface area contributed by atoms with Gasteiger partial charge >= 0.3 is 12.4 Å². The van der Waals surface area contributed by atoms with E-state index in [2.05, 4.69) is 9.97 Å². The van der Waals surface area contributed by atoms with Crippen LogP contribution in [0.15, 0.2) is 35.4 Å². The number of benzene rings is 1. The summed E-state index contributed by atoms with van der Waals surface area (Å²) in [7, 11) is -4.06. The standard InChI is InChI=1S/C16H10F6N2O2S2/c1-2-28(25,26)12-6-8(15(17,18)19)3-4-10(12)13-24-11-5-9(16(20,21)22)7-23-14(11)27-13/h3-7H,2H2,1H3. The lowest BCUT2D eigenvalue weighted by molar-refractivity contribution is -0.138. The fraction of sp³-hybridized carbons (Fsp3) is 0.250. The first-order valence-electron chi connectivity index (χ1n) is 7.61. The van der Waals surface area contributed by atoms with Crippen LogP contribution in [0, 0.1) is 0 Å². The molecule has 1 aromatic carbocycles. The molecule has 0 radical (unpaired) electrons. The van der Waals surface area contributed by atoms with E-state index in [1.54, 1.807) is 0 Å². The largest absolute Gasteiger partial charge is 0.417 e. The van der Waals surface area contributed by atoms with Gasteiger partial charge in [-0.25, -0.2) is 18.4 Å². The second kappa shape index (κ2) is 6.69. The lowest BCUT2D eigenvalue weighted by Crippen LogP contribution is -2.10. The number of halogens is 6. The number of rotatable bonds is 3.